The van der Waals surface area contributed by atoms with Crippen molar-refractivity contribution in [2.24, 2.45) is 0 Å². The normalized spacial score (nSPS) is 10.2. The number of anilines is 1. The smallest absolute Gasteiger partial charge is 0.339 e. The summed E-state index contributed by atoms with van der Waals surface area (Å²) < 4.78 is 10.3. The summed E-state index contributed by atoms with van der Waals surface area (Å²) in [4.78, 5) is 25.0. The zero-order valence-electron chi connectivity index (χ0n) is 14.3. The Morgan fingerprint density at radius 2 is 1.92 bits per heavy atom. The Bertz CT molecular complexity index is 733. The summed E-state index contributed by atoms with van der Waals surface area (Å²) in [5.74, 6) is 0.345. The van der Waals surface area contributed by atoms with Gasteiger partial charge in [0, 0.05) is 16.6 Å². The minimum absolute atomic E-state index is 0.157. The highest BCUT2D eigenvalue weighted by Crippen LogP contribution is 2.24. The number of esters is 1. The Morgan fingerprint density at radius 1 is 1.12 bits per heavy atom. The number of carbonyl (C=O) groups is 2. The van der Waals surface area contributed by atoms with E-state index in [2.05, 4.69) is 5.32 Å². The third-order valence-electron chi connectivity index (χ3n) is 3.26. The van der Waals surface area contributed by atoms with Crippen molar-refractivity contribution in [3.8, 4) is 5.75 Å². The molecule has 0 radical (unpaired) electrons. The van der Waals surface area contributed by atoms with Crippen LogP contribution in [0.25, 0.3) is 0 Å². The first-order chi connectivity index (χ1) is 12.1. The van der Waals surface area contributed by atoms with Crippen LogP contribution in [-0.4, -0.2) is 31.3 Å². The van der Waals surface area contributed by atoms with E-state index in [-0.39, 0.29) is 17.6 Å². The molecule has 2 rings (SSSR count). The molecule has 0 heterocycles. The number of benzene rings is 2. The van der Waals surface area contributed by atoms with Gasteiger partial charge in [0.2, 0.25) is 5.91 Å². The van der Waals surface area contributed by atoms with Gasteiger partial charge in [-0.3, -0.25) is 4.79 Å². The van der Waals surface area contributed by atoms with E-state index in [0.717, 1.165) is 11.3 Å². The number of hydrogen-bond acceptors (Lipinski definition) is 5. The van der Waals surface area contributed by atoms with Crippen LogP contribution in [0.2, 0.25) is 0 Å². The molecule has 1 N–H and O–H groups in total. The third kappa shape index (κ3) is 5.83. The highest BCUT2D eigenvalue weighted by Gasteiger charge is 2.14. The average Bonchev–Trinajstić information content (AvgIpc) is 2.64. The quantitative estimate of drug-likeness (QED) is 0.570. The largest absolute Gasteiger partial charge is 0.497 e. The molecule has 2 aromatic rings. The molecule has 0 unspecified atom stereocenters. The summed E-state index contributed by atoms with van der Waals surface area (Å²) in [6, 6.07) is 14.3. The lowest BCUT2D eigenvalue weighted by Crippen LogP contribution is -2.14. The predicted octanol–water partition coefficient (Wildman–Crippen LogP) is 3.99. The highest BCUT2D eigenvalue weighted by molar-refractivity contribution is 8.00. The van der Waals surface area contributed by atoms with Gasteiger partial charge in [0.05, 0.1) is 25.0 Å². The monoisotopic (exact) mass is 359 g/mol. The van der Waals surface area contributed by atoms with Gasteiger partial charge < -0.3 is 14.8 Å². The molecular formula is C19H21NO4S. The average molecular weight is 359 g/mol. The van der Waals surface area contributed by atoms with E-state index in [0.29, 0.717) is 23.6 Å². The Morgan fingerprint density at radius 3 is 2.68 bits per heavy atom. The van der Waals surface area contributed by atoms with Gasteiger partial charge in [-0.15, -0.1) is 11.8 Å². The van der Waals surface area contributed by atoms with E-state index in [1.165, 1.54) is 11.8 Å². The summed E-state index contributed by atoms with van der Waals surface area (Å²) in [6.45, 7) is 2.32. The zero-order chi connectivity index (χ0) is 18.1. The summed E-state index contributed by atoms with van der Waals surface area (Å²) in [7, 11) is 1.57. The first kappa shape index (κ1) is 18.9. The number of methoxy groups -OCH3 is 1. The molecule has 25 heavy (non-hydrogen) atoms. The Labute approximate surface area is 151 Å². The van der Waals surface area contributed by atoms with Crippen molar-refractivity contribution in [3.05, 3.63) is 54.1 Å². The molecule has 0 aliphatic heterocycles. The Kier molecular flexibility index (Phi) is 7.35. The van der Waals surface area contributed by atoms with Crippen LogP contribution in [0.4, 0.5) is 5.69 Å². The molecule has 132 valence electrons. The van der Waals surface area contributed by atoms with Crippen LogP contribution < -0.4 is 10.1 Å². The molecule has 0 saturated heterocycles. The predicted molar refractivity (Wildman–Crippen MR) is 99.4 cm³/mol. The van der Waals surface area contributed by atoms with Gasteiger partial charge >= 0.3 is 5.97 Å². The molecule has 0 fully saturated rings. The van der Waals surface area contributed by atoms with Gasteiger partial charge in [-0.05, 0) is 30.7 Å². The second-order valence-electron chi connectivity index (χ2n) is 5.20. The summed E-state index contributed by atoms with van der Waals surface area (Å²) in [5, 5.41) is 2.81. The third-order valence-corrected chi connectivity index (χ3v) is 4.33. The maximum Gasteiger partial charge on any atom is 0.339 e. The van der Waals surface area contributed by atoms with Crippen molar-refractivity contribution in [1.29, 1.82) is 0 Å². The lowest BCUT2D eigenvalue weighted by molar-refractivity contribution is -0.113. The Balaban J connectivity index is 1.96. The highest BCUT2D eigenvalue weighted by atomic mass is 32.2. The summed E-state index contributed by atoms with van der Waals surface area (Å²) in [6.07, 6.45) is 0.768. The number of carbonyl (C=O) groups excluding carboxylic acids is 2. The van der Waals surface area contributed by atoms with Gasteiger partial charge in [0.15, 0.2) is 0 Å². The van der Waals surface area contributed by atoms with E-state index >= 15 is 0 Å². The molecule has 0 atom stereocenters. The van der Waals surface area contributed by atoms with Crippen molar-refractivity contribution in [3.63, 3.8) is 0 Å². The number of rotatable bonds is 8. The first-order valence-corrected chi connectivity index (χ1v) is 8.95. The standard InChI is InChI=1S/C19H21NO4S/c1-3-11-24-19(22)16-9-4-5-10-17(16)25-13-18(21)20-14-7-6-8-15(12-14)23-2/h4-10,12H,3,11,13H2,1-2H3,(H,20,21). The van der Waals surface area contributed by atoms with E-state index in [1.54, 1.807) is 37.4 Å². The second kappa shape index (κ2) is 9.74. The lowest BCUT2D eigenvalue weighted by Gasteiger charge is -2.10. The van der Waals surface area contributed by atoms with Gasteiger partial charge in [0.25, 0.3) is 0 Å². The Hall–Kier alpha value is -2.47. The van der Waals surface area contributed by atoms with Gasteiger partial charge in [-0.2, -0.15) is 0 Å². The fraction of sp³-hybridized carbons (Fsp3) is 0.263. The molecule has 0 aromatic heterocycles. The zero-order valence-corrected chi connectivity index (χ0v) is 15.1. The summed E-state index contributed by atoms with van der Waals surface area (Å²) >= 11 is 1.30. The molecule has 0 aliphatic rings. The van der Waals surface area contributed by atoms with Gasteiger partial charge in [-0.25, -0.2) is 4.79 Å². The minimum atomic E-state index is -0.363. The van der Waals surface area contributed by atoms with Crippen molar-refractivity contribution in [2.45, 2.75) is 18.2 Å². The van der Waals surface area contributed by atoms with E-state index < -0.39 is 0 Å². The van der Waals surface area contributed by atoms with Crippen molar-refractivity contribution in [1.82, 2.24) is 0 Å². The topological polar surface area (TPSA) is 64.6 Å². The fourth-order valence-corrected chi connectivity index (χ4v) is 2.92. The summed E-state index contributed by atoms with van der Waals surface area (Å²) in [5.41, 5.74) is 1.15. The van der Waals surface area contributed by atoms with Gasteiger partial charge in [0.1, 0.15) is 5.75 Å². The van der Waals surface area contributed by atoms with Crippen LogP contribution in [0.3, 0.4) is 0 Å². The number of hydrogen-bond donors (Lipinski definition) is 1. The van der Waals surface area contributed by atoms with Crippen molar-refractivity contribution < 1.29 is 19.1 Å². The number of ether oxygens (including phenoxy) is 2. The van der Waals surface area contributed by atoms with Crippen LogP contribution in [0, 0.1) is 0 Å². The van der Waals surface area contributed by atoms with Crippen molar-refractivity contribution >= 4 is 29.3 Å². The molecule has 2 aromatic carbocycles. The molecule has 1 amide bonds. The molecular weight excluding hydrogens is 338 g/mol. The van der Waals surface area contributed by atoms with E-state index in [4.69, 9.17) is 9.47 Å². The van der Waals surface area contributed by atoms with Crippen LogP contribution >= 0.6 is 11.8 Å². The van der Waals surface area contributed by atoms with Crippen molar-refractivity contribution in [2.75, 3.05) is 24.8 Å². The molecule has 5 nitrogen and oxygen atoms in total. The lowest BCUT2D eigenvalue weighted by atomic mass is 10.2. The van der Waals surface area contributed by atoms with Crippen LogP contribution in [0.5, 0.6) is 5.75 Å². The fourth-order valence-electron chi connectivity index (χ4n) is 2.07. The first-order valence-electron chi connectivity index (χ1n) is 7.97. The van der Waals surface area contributed by atoms with Gasteiger partial charge in [-0.1, -0.05) is 25.1 Å². The van der Waals surface area contributed by atoms with Crippen LogP contribution in [-0.2, 0) is 9.53 Å². The second-order valence-corrected chi connectivity index (χ2v) is 6.22. The maximum absolute atomic E-state index is 12.1. The van der Waals surface area contributed by atoms with Crippen LogP contribution in [0.1, 0.15) is 23.7 Å². The molecule has 0 saturated carbocycles. The molecule has 0 aliphatic carbocycles. The molecule has 0 spiro atoms. The van der Waals surface area contributed by atoms with Crippen LogP contribution in [0.15, 0.2) is 53.4 Å². The maximum atomic E-state index is 12.1. The molecule has 6 heteroatoms. The van der Waals surface area contributed by atoms with E-state index in [9.17, 15) is 9.59 Å². The number of amides is 1. The number of nitrogens with one attached hydrogen (secondary N) is 1. The number of thioether (sulfide) groups is 1. The SMILES string of the molecule is CCCOC(=O)c1ccccc1SCC(=O)Nc1cccc(OC)c1. The van der Waals surface area contributed by atoms with E-state index in [1.807, 2.05) is 25.1 Å². The minimum Gasteiger partial charge on any atom is -0.497 e. The molecule has 0 bridgehead atoms.